The van der Waals surface area contributed by atoms with Crippen LogP contribution in [0.15, 0.2) is 54.6 Å². The highest BCUT2D eigenvalue weighted by atomic mass is 35.5. The number of anilines is 2. The average molecular weight is 435 g/mol. The van der Waals surface area contributed by atoms with Gasteiger partial charge in [-0.2, -0.15) is 0 Å². The molecule has 1 unspecified atom stereocenters. The zero-order valence-electron chi connectivity index (χ0n) is 14.5. The summed E-state index contributed by atoms with van der Waals surface area (Å²) in [6.07, 6.45) is 1.31. The Morgan fingerprint density at radius 1 is 0.821 bits per heavy atom. The minimum absolute atomic E-state index is 0.303. The summed E-state index contributed by atoms with van der Waals surface area (Å²) in [6, 6.07) is 15.7. The number of pyridine rings is 3. The lowest BCUT2D eigenvalue weighted by atomic mass is 9.93. The summed E-state index contributed by atoms with van der Waals surface area (Å²) < 4.78 is 0. The summed E-state index contributed by atoms with van der Waals surface area (Å²) in [7, 11) is 0. The van der Waals surface area contributed by atoms with Crippen molar-refractivity contribution in [1.29, 1.82) is 0 Å². The summed E-state index contributed by atoms with van der Waals surface area (Å²) in [6.45, 7) is 0.495. The first kappa shape index (κ1) is 18.9. The maximum absolute atomic E-state index is 12.5. The molecule has 3 aromatic rings. The van der Waals surface area contributed by atoms with Crippen LogP contribution in [0.4, 0.5) is 11.6 Å². The van der Waals surface area contributed by atoms with Gasteiger partial charge >= 0.3 is 0 Å². The Balaban J connectivity index is 1.91. The molecule has 0 aliphatic carbocycles. The van der Waals surface area contributed by atoms with E-state index < -0.39 is 5.54 Å². The maximum atomic E-state index is 12.5. The molecule has 0 aromatic carbocycles. The lowest BCUT2D eigenvalue weighted by Crippen LogP contribution is -2.51. The second-order valence-electron chi connectivity index (χ2n) is 6.21. The zero-order chi connectivity index (χ0) is 19.7. The van der Waals surface area contributed by atoms with Crippen molar-refractivity contribution in [1.82, 2.24) is 15.0 Å². The molecule has 1 fully saturated rings. The van der Waals surface area contributed by atoms with Crippen molar-refractivity contribution in [3.05, 3.63) is 75.8 Å². The molecule has 0 amide bonds. The molecule has 28 heavy (non-hydrogen) atoms. The number of carbonyl (C=O) groups excluding carboxylic acids is 1. The van der Waals surface area contributed by atoms with Gasteiger partial charge in [-0.25, -0.2) is 20.0 Å². The average Bonchev–Trinajstić information content (AvgIpc) is 3.09. The molecule has 142 valence electrons. The van der Waals surface area contributed by atoms with Gasteiger partial charge in [0.15, 0.2) is 11.8 Å². The second kappa shape index (κ2) is 7.54. The van der Waals surface area contributed by atoms with Crippen molar-refractivity contribution in [2.75, 3.05) is 16.6 Å². The monoisotopic (exact) mass is 433 g/mol. The topological polar surface area (TPSA) is 62.2 Å². The zero-order valence-corrected chi connectivity index (χ0v) is 16.7. The molecule has 6 nitrogen and oxygen atoms in total. The minimum Gasteiger partial charge on any atom is -0.300 e. The molecule has 4 heterocycles. The van der Waals surface area contributed by atoms with Crippen LogP contribution in [0.25, 0.3) is 0 Å². The van der Waals surface area contributed by atoms with Crippen molar-refractivity contribution in [2.45, 2.75) is 12.0 Å². The highest BCUT2D eigenvalue weighted by Gasteiger charge is 2.50. The molecule has 0 N–H and O–H groups in total. The van der Waals surface area contributed by atoms with Gasteiger partial charge in [0.1, 0.15) is 27.1 Å². The lowest BCUT2D eigenvalue weighted by Gasteiger charge is -2.38. The van der Waals surface area contributed by atoms with Gasteiger partial charge in [-0.1, -0.05) is 53.0 Å². The summed E-state index contributed by atoms with van der Waals surface area (Å²) in [5.41, 5.74) is -0.603. The molecule has 0 spiro atoms. The second-order valence-corrected chi connectivity index (χ2v) is 7.37. The number of nitrogens with zero attached hydrogens (tertiary/aromatic N) is 5. The van der Waals surface area contributed by atoms with Crippen molar-refractivity contribution in [2.24, 2.45) is 0 Å². The number of halogens is 3. The van der Waals surface area contributed by atoms with Crippen LogP contribution in [0.1, 0.15) is 12.1 Å². The van der Waals surface area contributed by atoms with Crippen molar-refractivity contribution >= 4 is 52.7 Å². The number of aromatic nitrogens is 3. The molecule has 0 bridgehead atoms. The Hall–Kier alpha value is -2.41. The van der Waals surface area contributed by atoms with Crippen molar-refractivity contribution < 1.29 is 4.79 Å². The van der Waals surface area contributed by atoms with Crippen LogP contribution in [-0.4, -0.2) is 27.8 Å². The number of hydrazine groups is 1. The molecule has 0 radical (unpaired) electrons. The predicted octanol–water partition coefficient (Wildman–Crippen LogP) is 4.56. The third-order valence-electron chi connectivity index (χ3n) is 4.56. The molecule has 1 saturated heterocycles. The third kappa shape index (κ3) is 3.28. The minimum atomic E-state index is -1.12. The Labute approximate surface area is 176 Å². The fourth-order valence-electron chi connectivity index (χ4n) is 3.35. The molecule has 0 saturated carbocycles. The van der Waals surface area contributed by atoms with Crippen LogP contribution in [0, 0.1) is 0 Å². The SMILES string of the molecule is O=CC1(c2cccc(Cl)n2)CCN(c2cccc(Cl)n2)N1c1cccc(Cl)n1. The van der Waals surface area contributed by atoms with Gasteiger partial charge < -0.3 is 4.79 Å². The van der Waals surface area contributed by atoms with E-state index in [2.05, 4.69) is 15.0 Å². The number of hydrogen-bond donors (Lipinski definition) is 0. The molecule has 9 heteroatoms. The van der Waals surface area contributed by atoms with E-state index >= 15 is 0 Å². The predicted molar refractivity (Wildman–Crippen MR) is 110 cm³/mol. The van der Waals surface area contributed by atoms with E-state index in [9.17, 15) is 4.79 Å². The molecular weight excluding hydrogens is 421 g/mol. The number of hydrogen-bond acceptors (Lipinski definition) is 6. The lowest BCUT2D eigenvalue weighted by molar-refractivity contribution is -0.112. The standard InChI is InChI=1S/C19H14Cl3N5O/c20-14-5-1-4-13(23-14)19(12-28)10-11-26(17-8-2-6-15(21)24-17)27(19)18-9-3-7-16(22)25-18/h1-9,12H,10-11H2. The number of rotatable bonds is 4. The maximum Gasteiger partial charge on any atom is 0.161 e. The van der Waals surface area contributed by atoms with E-state index in [-0.39, 0.29) is 0 Å². The highest BCUT2D eigenvalue weighted by Crippen LogP contribution is 2.42. The first-order valence-electron chi connectivity index (χ1n) is 8.46. The van der Waals surface area contributed by atoms with Crippen LogP contribution >= 0.6 is 34.8 Å². The normalized spacial score (nSPS) is 19.1. The Morgan fingerprint density at radius 3 is 2.00 bits per heavy atom. The van der Waals surface area contributed by atoms with Gasteiger partial charge in [0.2, 0.25) is 0 Å². The van der Waals surface area contributed by atoms with E-state index in [4.69, 9.17) is 34.8 Å². The third-order valence-corrected chi connectivity index (χ3v) is 5.19. The fraction of sp³-hybridized carbons (Fsp3) is 0.158. The van der Waals surface area contributed by atoms with Crippen LogP contribution < -0.4 is 10.0 Å². The highest BCUT2D eigenvalue weighted by molar-refractivity contribution is 6.30. The Morgan fingerprint density at radius 2 is 1.39 bits per heavy atom. The van der Waals surface area contributed by atoms with Crippen LogP contribution in [0.2, 0.25) is 15.5 Å². The Bertz CT molecular complexity index is 1030. The summed E-state index contributed by atoms with van der Waals surface area (Å²) in [5, 5.41) is 4.56. The molecule has 4 rings (SSSR count). The van der Waals surface area contributed by atoms with Crippen molar-refractivity contribution in [3.63, 3.8) is 0 Å². The van der Waals surface area contributed by atoms with Crippen LogP contribution in [0.5, 0.6) is 0 Å². The van der Waals surface area contributed by atoms with E-state index in [1.165, 1.54) is 0 Å². The quantitative estimate of drug-likeness (QED) is 0.443. The largest absolute Gasteiger partial charge is 0.300 e. The molecule has 1 atom stereocenters. The van der Waals surface area contributed by atoms with Gasteiger partial charge in [-0.05, 0) is 36.4 Å². The van der Waals surface area contributed by atoms with E-state index in [0.717, 1.165) is 6.29 Å². The first-order valence-corrected chi connectivity index (χ1v) is 9.59. The number of carbonyl (C=O) groups is 1. The molecule has 3 aromatic heterocycles. The van der Waals surface area contributed by atoms with Gasteiger partial charge in [-0.15, -0.1) is 0 Å². The summed E-state index contributed by atoms with van der Waals surface area (Å²) >= 11 is 18.3. The van der Waals surface area contributed by atoms with Crippen LogP contribution in [0.3, 0.4) is 0 Å². The fourth-order valence-corrected chi connectivity index (χ4v) is 3.84. The Kier molecular flexibility index (Phi) is 5.10. The van der Waals surface area contributed by atoms with Gasteiger partial charge in [-0.3, -0.25) is 5.01 Å². The summed E-state index contributed by atoms with van der Waals surface area (Å²) in [4.78, 5) is 25.7. The van der Waals surface area contributed by atoms with Gasteiger partial charge in [0.05, 0.1) is 5.69 Å². The summed E-state index contributed by atoms with van der Waals surface area (Å²) in [5.74, 6) is 1.07. The van der Waals surface area contributed by atoms with E-state index in [1.807, 2.05) is 11.1 Å². The van der Waals surface area contributed by atoms with E-state index in [1.54, 1.807) is 53.5 Å². The van der Waals surface area contributed by atoms with Crippen LogP contribution in [-0.2, 0) is 10.3 Å². The number of aldehydes is 1. The van der Waals surface area contributed by atoms with Gasteiger partial charge in [0, 0.05) is 13.0 Å². The molecule has 1 aliphatic heterocycles. The molecule has 1 aliphatic rings. The van der Waals surface area contributed by atoms with E-state index in [0.29, 0.717) is 45.8 Å². The van der Waals surface area contributed by atoms with Crippen molar-refractivity contribution in [3.8, 4) is 0 Å². The smallest absolute Gasteiger partial charge is 0.161 e. The van der Waals surface area contributed by atoms with Gasteiger partial charge in [0.25, 0.3) is 0 Å². The first-order chi connectivity index (χ1) is 13.5. The molecular formula is C19H14Cl3N5O.